The van der Waals surface area contributed by atoms with Crippen molar-refractivity contribution in [1.29, 1.82) is 0 Å². The summed E-state index contributed by atoms with van der Waals surface area (Å²) in [6.45, 7) is 10.1. The fourth-order valence-electron chi connectivity index (χ4n) is 5.18. The summed E-state index contributed by atoms with van der Waals surface area (Å²) < 4.78 is 31.5. The van der Waals surface area contributed by atoms with Crippen molar-refractivity contribution >= 4 is 39.4 Å². The predicted octanol–water partition coefficient (Wildman–Crippen LogP) is 7.83. The van der Waals surface area contributed by atoms with Gasteiger partial charge in [-0.2, -0.15) is 5.10 Å². The summed E-state index contributed by atoms with van der Waals surface area (Å²) in [5, 5.41) is 4.80. The lowest BCUT2D eigenvalue weighted by Gasteiger charge is -2.26. The molecular weight excluding hydrogens is 604 g/mol. The van der Waals surface area contributed by atoms with E-state index in [-0.39, 0.29) is 22.7 Å². The van der Waals surface area contributed by atoms with Gasteiger partial charge in [0.05, 0.1) is 28.9 Å². The first-order valence-electron chi connectivity index (χ1n) is 14.5. The molecule has 45 heavy (non-hydrogen) atoms. The summed E-state index contributed by atoms with van der Waals surface area (Å²) in [7, 11) is -4.06. The minimum Gasteiger partial charge on any atom is -0.318 e. The quantitative estimate of drug-likeness (QED) is 0.132. The van der Waals surface area contributed by atoms with Gasteiger partial charge in [0.2, 0.25) is 0 Å². The van der Waals surface area contributed by atoms with Crippen LogP contribution in [0.5, 0.6) is 0 Å². The second-order valence-electron chi connectivity index (χ2n) is 11.1. The van der Waals surface area contributed by atoms with E-state index in [0.717, 1.165) is 28.2 Å². The molecule has 0 spiro atoms. The zero-order chi connectivity index (χ0) is 32.3. The normalized spacial score (nSPS) is 11.6. The number of aromatic nitrogens is 1. The van der Waals surface area contributed by atoms with Gasteiger partial charge in [0.25, 0.3) is 15.9 Å². The molecule has 9 heteroatoms. The highest BCUT2D eigenvalue weighted by atomic mass is 35.5. The van der Waals surface area contributed by atoms with Gasteiger partial charge in [-0.15, -0.1) is 0 Å². The Hall–Kier alpha value is -4.66. The first kappa shape index (κ1) is 31.8. The van der Waals surface area contributed by atoms with Crippen LogP contribution in [0.15, 0.2) is 107 Å². The Morgan fingerprint density at radius 3 is 2.24 bits per heavy atom. The van der Waals surface area contributed by atoms with Crippen molar-refractivity contribution in [3.05, 3.63) is 147 Å². The van der Waals surface area contributed by atoms with Gasteiger partial charge in [-0.1, -0.05) is 59.6 Å². The third kappa shape index (κ3) is 6.87. The van der Waals surface area contributed by atoms with Crippen LogP contribution in [0.2, 0.25) is 5.02 Å². The number of hydrogen-bond acceptors (Lipinski definition) is 4. The fourth-order valence-corrected chi connectivity index (χ4v) is 6.77. The number of halogens is 1. The largest absolute Gasteiger partial charge is 0.318 e. The van der Waals surface area contributed by atoms with Gasteiger partial charge in [0.15, 0.2) is 0 Å². The molecule has 1 N–H and O–H groups in total. The Morgan fingerprint density at radius 1 is 0.867 bits per heavy atom. The number of carbonyl (C=O) groups is 1. The fraction of sp³-hybridized carbons (Fsp3) is 0.167. The Labute approximate surface area is 269 Å². The van der Waals surface area contributed by atoms with Crippen LogP contribution in [0.3, 0.4) is 0 Å². The molecule has 0 aliphatic rings. The molecule has 0 saturated heterocycles. The number of benzene rings is 4. The molecule has 7 nitrogen and oxygen atoms in total. The number of para-hydroxylation sites is 1. The molecule has 1 aromatic heterocycles. The van der Waals surface area contributed by atoms with Crippen LogP contribution >= 0.6 is 11.6 Å². The van der Waals surface area contributed by atoms with E-state index in [9.17, 15) is 13.2 Å². The summed E-state index contributed by atoms with van der Waals surface area (Å²) in [5.74, 6) is -0.537. The van der Waals surface area contributed by atoms with Crippen LogP contribution in [0, 0.1) is 34.6 Å². The van der Waals surface area contributed by atoms with Crippen LogP contribution in [-0.2, 0) is 16.6 Å². The van der Waals surface area contributed by atoms with Gasteiger partial charge in [-0.3, -0.25) is 9.10 Å². The van der Waals surface area contributed by atoms with Crippen molar-refractivity contribution in [3.8, 4) is 5.69 Å². The molecule has 0 aliphatic carbocycles. The van der Waals surface area contributed by atoms with E-state index in [4.69, 9.17) is 11.6 Å². The summed E-state index contributed by atoms with van der Waals surface area (Å²) in [5.41, 5.74) is 11.0. The number of aryl methyl sites for hydroxylation is 4. The molecule has 4 aromatic carbocycles. The summed E-state index contributed by atoms with van der Waals surface area (Å²) in [6.07, 6.45) is 1.61. The number of nitrogens with one attached hydrogen (secondary N) is 1. The van der Waals surface area contributed by atoms with Crippen LogP contribution in [0.4, 0.5) is 5.69 Å². The maximum atomic E-state index is 14.1. The highest BCUT2D eigenvalue weighted by molar-refractivity contribution is 7.92. The molecule has 0 atom stereocenters. The molecule has 0 fully saturated rings. The minimum absolute atomic E-state index is 0.00852. The van der Waals surface area contributed by atoms with Crippen molar-refractivity contribution in [1.82, 2.24) is 9.99 Å². The number of carbonyl (C=O) groups excluding carboxylic acids is 1. The molecule has 0 unspecified atom stereocenters. The Balaban J connectivity index is 1.46. The second-order valence-corrected chi connectivity index (χ2v) is 13.4. The standard InChI is InChI=1S/C36H35ClN4O3S/c1-24-10-18-33(19-11-24)45(43,44)40(23-29-13-15-31(37)16-14-29)35-9-7-6-8-34(35)36(42)39-38-22-30-21-27(4)41(28(30)5)32-17-12-25(2)26(3)20-32/h6-22H,23H2,1-5H3,(H,39,42)/b38-22-. The number of anilines is 1. The zero-order valence-corrected chi connectivity index (χ0v) is 27.4. The Morgan fingerprint density at radius 2 is 1.56 bits per heavy atom. The first-order valence-corrected chi connectivity index (χ1v) is 16.3. The van der Waals surface area contributed by atoms with Gasteiger partial charge in [0.1, 0.15) is 0 Å². The lowest BCUT2D eigenvalue weighted by atomic mass is 10.1. The van der Waals surface area contributed by atoms with E-state index in [0.29, 0.717) is 10.6 Å². The van der Waals surface area contributed by atoms with Crippen molar-refractivity contribution in [2.45, 2.75) is 46.1 Å². The molecule has 5 aromatic rings. The number of nitrogens with zero attached hydrogens (tertiary/aromatic N) is 3. The Kier molecular flexibility index (Phi) is 9.27. The first-order chi connectivity index (χ1) is 21.5. The average Bonchev–Trinajstić information content (AvgIpc) is 3.30. The van der Waals surface area contributed by atoms with E-state index in [1.54, 1.807) is 79.0 Å². The smallest absolute Gasteiger partial charge is 0.273 e. The topological polar surface area (TPSA) is 83.8 Å². The molecule has 1 amide bonds. The highest BCUT2D eigenvalue weighted by Gasteiger charge is 2.28. The second kappa shape index (κ2) is 13.1. The van der Waals surface area contributed by atoms with Crippen LogP contribution in [0.1, 0.15) is 49.6 Å². The summed E-state index contributed by atoms with van der Waals surface area (Å²) >= 11 is 6.09. The number of rotatable bonds is 9. The lowest BCUT2D eigenvalue weighted by molar-refractivity contribution is 0.0955. The van der Waals surface area contributed by atoms with Gasteiger partial charge < -0.3 is 4.57 Å². The van der Waals surface area contributed by atoms with Gasteiger partial charge in [-0.25, -0.2) is 13.8 Å². The third-order valence-electron chi connectivity index (χ3n) is 7.85. The molecule has 0 saturated carbocycles. The monoisotopic (exact) mass is 638 g/mol. The number of hydrogen-bond donors (Lipinski definition) is 1. The molecule has 0 aliphatic heterocycles. The summed E-state index contributed by atoms with van der Waals surface area (Å²) in [4.78, 5) is 13.7. The molecular formula is C36H35ClN4O3S. The van der Waals surface area contributed by atoms with E-state index < -0.39 is 15.9 Å². The maximum absolute atomic E-state index is 14.1. The minimum atomic E-state index is -4.06. The molecule has 1 heterocycles. The molecule has 0 bridgehead atoms. The third-order valence-corrected chi connectivity index (χ3v) is 9.88. The summed E-state index contributed by atoms with van der Waals surface area (Å²) in [6, 6.07) is 28.5. The van der Waals surface area contributed by atoms with Crippen LogP contribution < -0.4 is 9.73 Å². The number of amides is 1. The van der Waals surface area contributed by atoms with Gasteiger partial charge in [-0.05, 0) is 106 Å². The average molecular weight is 639 g/mol. The SMILES string of the molecule is Cc1ccc(S(=O)(=O)N(Cc2ccc(Cl)cc2)c2ccccc2C(=O)N/N=C\c2cc(C)n(-c3ccc(C)c(C)c3)c2C)cc1. The van der Waals surface area contributed by atoms with E-state index >= 15 is 0 Å². The number of hydrazone groups is 1. The number of sulfonamides is 1. The van der Waals surface area contributed by atoms with E-state index in [2.05, 4.69) is 47.1 Å². The van der Waals surface area contributed by atoms with Crippen molar-refractivity contribution in [3.63, 3.8) is 0 Å². The maximum Gasteiger partial charge on any atom is 0.273 e. The van der Waals surface area contributed by atoms with E-state index in [1.165, 1.54) is 15.4 Å². The van der Waals surface area contributed by atoms with E-state index in [1.807, 2.05) is 26.8 Å². The predicted molar refractivity (Wildman–Crippen MR) is 182 cm³/mol. The zero-order valence-electron chi connectivity index (χ0n) is 25.9. The van der Waals surface area contributed by atoms with Gasteiger partial charge >= 0.3 is 0 Å². The van der Waals surface area contributed by atoms with Crippen molar-refractivity contribution in [2.75, 3.05) is 4.31 Å². The van der Waals surface area contributed by atoms with Crippen LogP contribution in [-0.4, -0.2) is 25.1 Å². The van der Waals surface area contributed by atoms with Crippen molar-refractivity contribution in [2.24, 2.45) is 5.10 Å². The van der Waals surface area contributed by atoms with Gasteiger partial charge in [0, 0.05) is 27.7 Å². The highest BCUT2D eigenvalue weighted by Crippen LogP contribution is 2.30. The van der Waals surface area contributed by atoms with Crippen molar-refractivity contribution < 1.29 is 13.2 Å². The molecule has 0 radical (unpaired) electrons. The molecule has 230 valence electrons. The Bertz CT molecular complexity index is 2000. The lowest BCUT2D eigenvalue weighted by Crippen LogP contribution is -2.33. The van der Waals surface area contributed by atoms with Crippen LogP contribution in [0.25, 0.3) is 5.69 Å². The molecule has 5 rings (SSSR count).